The van der Waals surface area contributed by atoms with Crippen LogP contribution in [-0.4, -0.2) is 45.7 Å². The largest absolute Gasteiger partial charge is 0.870 e. The highest BCUT2D eigenvalue weighted by atomic mass is 16.3. The molecular formula is C10H25NO3. The fourth-order valence-electron chi connectivity index (χ4n) is 2.00. The molecule has 4 nitrogen and oxygen atoms in total. The van der Waals surface area contributed by atoms with Gasteiger partial charge in [-0.05, 0) is 12.8 Å². The zero-order valence-corrected chi connectivity index (χ0v) is 9.77. The molecular weight excluding hydrogens is 182 g/mol. The molecule has 0 heterocycles. The van der Waals surface area contributed by atoms with Crippen molar-refractivity contribution in [2.45, 2.75) is 53.0 Å². The summed E-state index contributed by atoms with van der Waals surface area (Å²) in [6.45, 7) is 9.35. The number of aliphatic hydroxyl groups excluding tert-OH is 2. The number of hydrogen-bond acceptors (Lipinski definition) is 3. The number of aliphatic hydroxyl groups is 2. The topological polar surface area (TPSA) is 70.5 Å². The Kier molecular flexibility index (Phi) is 8.34. The first-order chi connectivity index (χ1) is 6.01. The molecule has 0 spiro atoms. The van der Waals surface area contributed by atoms with Gasteiger partial charge in [-0.15, -0.1) is 0 Å². The number of quaternary nitrogens is 1. The minimum absolute atomic E-state index is 0. The van der Waals surface area contributed by atoms with E-state index in [0.717, 1.165) is 25.9 Å². The standard InChI is InChI=1S/C10H24NO2.H2O/c1-5-7-11(8-6-2,9(3)12)10(4)13;/h9-10,12-13H,5-8H2,1-4H3;1H2/q+1;/p-1. The number of hydrogen-bond donors (Lipinski definition) is 2. The molecule has 0 amide bonds. The van der Waals surface area contributed by atoms with E-state index in [-0.39, 0.29) is 5.48 Å². The highest BCUT2D eigenvalue weighted by Crippen LogP contribution is 2.18. The van der Waals surface area contributed by atoms with Crippen LogP contribution in [0.3, 0.4) is 0 Å². The SMILES string of the molecule is CCC[N+](CCC)(C(C)O)C(C)O.[OH-]. The van der Waals surface area contributed by atoms with E-state index < -0.39 is 12.5 Å². The lowest BCUT2D eigenvalue weighted by atomic mass is 10.2. The highest BCUT2D eigenvalue weighted by molar-refractivity contribution is 4.45. The molecule has 0 fully saturated rings. The van der Waals surface area contributed by atoms with Gasteiger partial charge in [-0.2, -0.15) is 0 Å². The monoisotopic (exact) mass is 207 g/mol. The summed E-state index contributed by atoms with van der Waals surface area (Å²) in [6, 6.07) is 0. The second kappa shape index (κ2) is 7.17. The first kappa shape index (κ1) is 16.3. The zero-order chi connectivity index (χ0) is 10.5. The van der Waals surface area contributed by atoms with E-state index >= 15 is 0 Å². The zero-order valence-electron chi connectivity index (χ0n) is 9.77. The second-order valence-corrected chi connectivity index (χ2v) is 3.81. The molecule has 0 aromatic heterocycles. The van der Waals surface area contributed by atoms with Crippen molar-refractivity contribution in [3.63, 3.8) is 0 Å². The average Bonchev–Trinajstić information content (AvgIpc) is 2.03. The summed E-state index contributed by atoms with van der Waals surface area (Å²) >= 11 is 0. The van der Waals surface area contributed by atoms with Gasteiger partial charge in [0.1, 0.15) is 0 Å². The highest BCUT2D eigenvalue weighted by Gasteiger charge is 2.35. The molecule has 0 aliphatic heterocycles. The van der Waals surface area contributed by atoms with Gasteiger partial charge >= 0.3 is 0 Å². The van der Waals surface area contributed by atoms with Gasteiger partial charge in [0.2, 0.25) is 0 Å². The average molecular weight is 207 g/mol. The lowest BCUT2D eigenvalue weighted by Gasteiger charge is -2.43. The van der Waals surface area contributed by atoms with Crippen LogP contribution in [0.2, 0.25) is 0 Å². The van der Waals surface area contributed by atoms with Crippen LogP contribution in [0.1, 0.15) is 40.5 Å². The van der Waals surface area contributed by atoms with E-state index in [1.54, 1.807) is 13.8 Å². The Morgan fingerprint density at radius 2 is 1.21 bits per heavy atom. The van der Waals surface area contributed by atoms with Crippen LogP contribution in [0.5, 0.6) is 0 Å². The third-order valence-electron chi connectivity index (χ3n) is 2.77. The maximum absolute atomic E-state index is 9.71. The predicted molar refractivity (Wildman–Crippen MR) is 55.9 cm³/mol. The number of nitrogens with zero attached hydrogens (tertiary/aromatic N) is 1. The van der Waals surface area contributed by atoms with Crippen LogP contribution in [0.25, 0.3) is 0 Å². The molecule has 4 heteroatoms. The van der Waals surface area contributed by atoms with Gasteiger partial charge in [-0.1, -0.05) is 13.8 Å². The molecule has 14 heavy (non-hydrogen) atoms. The van der Waals surface area contributed by atoms with Crippen LogP contribution in [0, 0.1) is 0 Å². The third-order valence-corrected chi connectivity index (χ3v) is 2.77. The molecule has 2 unspecified atom stereocenters. The van der Waals surface area contributed by atoms with Gasteiger partial charge in [0.05, 0.1) is 13.1 Å². The Morgan fingerprint density at radius 3 is 1.36 bits per heavy atom. The minimum Gasteiger partial charge on any atom is -0.870 e. The Hall–Kier alpha value is -0.160. The van der Waals surface area contributed by atoms with E-state index in [0.29, 0.717) is 4.48 Å². The first-order valence-corrected chi connectivity index (χ1v) is 5.23. The fourth-order valence-corrected chi connectivity index (χ4v) is 2.00. The van der Waals surface area contributed by atoms with Crippen LogP contribution < -0.4 is 0 Å². The van der Waals surface area contributed by atoms with Crippen molar-refractivity contribution in [1.29, 1.82) is 0 Å². The molecule has 0 aromatic carbocycles. The molecule has 0 bridgehead atoms. The molecule has 88 valence electrons. The molecule has 0 saturated heterocycles. The lowest BCUT2D eigenvalue weighted by molar-refractivity contribution is -1.01. The van der Waals surface area contributed by atoms with Crippen molar-refractivity contribution in [1.82, 2.24) is 0 Å². The minimum atomic E-state index is -0.486. The normalized spacial score (nSPS) is 15.9. The van der Waals surface area contributed by atoms with Gasteiger partial charge in [0.25, 0.3) is 0 Å². The molecule has 0 radical (unpaired) electrons. The molecule has 0 saturated carbocycles. The Balaban J connectivity index is 0. The van der Waals surface area contributed by atoms with Crippen molar-refractivity contribution in [2.75, 3.05) is 13.1 Å². The third kappa shape index (κ3) is 3.53. The van der Waals surface area contributed by atoms with Crippen molar-refractivity contribution in [2.24, 2.45) is 0 Å². The quantitative estimate of drug-likeness (QED) is 0.506. The van der Waals surface area contributed by atoms with Crippen LogP contribution >= 0.6 is 0 Å². The molecule has 0 rings (SSSR count). The van der Waals surface area contributed by atoms with Gasteiger partial charge in [-0.3, -0.25) is 4.48 Å². The van der Waals surface area contributed by atoms with E-state index in [2.05, 4.69) is 13.8 Å². The summed E-state index contributed by atoms with van der Waals surface area (Å²) in [5.74, 6) is 0. The Bertz CT molecular complexity index is 121. The summed E-state index contributed by atoms with van der Waals surface area (Å²) in [4.78, 5) is 0. The first-order valence-electron chi connectivity index (χ1n) is 5.23. The Morgan fingerprint density at radius 1 is 0.929 bits per heavy atom. The summed E-state index contributed by atoms with van der Waals surface area (Å²) in [6.07, 6.45) is 0.991. The molecule has 0 aliphatic rings. The maximum atomic E-state index is 9.71. The van der Waals surface area contributed by atoms with Gasteiger partial charge in [0.15, 0.2) is 12.5 Å². The van der Waals surface area contributed by atoms with Gasteiger partial charge < -0.3 is 15.7 Å². The molecule has 0 aromatic rings. The van der Waals surface area contributed by atoms with Crippen molar-refractivity contribution < 1.29 is 20.2 Å². The van der Waals surface area contributed by atoms with E-state index in [1.165, 1.54) is 0 Å². The van der Waals surface area contributed by atoms with Gasteiger partial charge in [0, 0.05) is 13.8 Å². The van der Waals surface area contributed by atoms with Crippen molar-refractivity contribution >= 4 is 0 Å². The molecule has 0 aliphatic carbocycles. The summed E-state index contributed by atoms with van der Waals surface area (Å²) in [5, 5.41) is 19.4. The predicted octanol–water partition coefficient (Wildman–Crippen LogP) is 1.12. The van der Waals surface area contributed by atoms with E-state index in [4.69, 9.17) is 0 Å². The van der Waals surface area contributed by atoms with Crippen molar-refractivity contribution in [3.05, 3.63) is 0 Å². The van der Waals surface area contributed by atoms with Crippen LogP contribution in [-0.2, 0) is 0 Å². The van der Waals surface area contributed by atoms with Crippen molar-refractivity contribution in [3.8, 4) is 0 Å². The van der Waals surface area contributed by atoms with Gasteiger partial charge in [-0.25, -0.2) is 0 Å². The summed E-state index contributed by atoms with van der Waals surface area (Å²) in [5.41, 5.74) is 0. The fraction of sp³-hybridized carbons (Fsp3) is 1.00. The molecule has 3 N–H and O–H groups in total. The van der Waals surface area contributed by atoms with E-state index in [9.17, 15) is 10.2 Å². The second-order valence-electron chi connectivity index (χ2n) is 3.81. The van der Waals surface area contributed by atoms with E-state index in [1.807, 2.05) is 0 Å². The lowest BCUT2D eigenvalue weighted by Crippen LogP contribution is -2.60. The summed E-state index contributed by atoms with van der Waals surface area (Å²) in [7, 11) is 0. The van der Waals surface area contributed by atoms with Crippen LogP contribution in [0.15, 0.2) is 0 Å². The molecule has 2 atom stereocenters. The Labute approximate surface area is 87.1 Å². The van der Waals surface area contributed by atoms with Crippen LogP contribution in [0.4, 0.5) is 0 Å². The smallest absolute Gasteiger partial charge is 0.189 e. The summed E-state index contributed by atoms with van der Waals surface area (Å²) < 4.78 is 0.410. The maximum Gasteiger partial charge on any atom is 0.189 e. The number of rotatable bonds is 6.